The lowest BCUT2D eigenvalue weighted by molar-refractivity contribution is -0.127. The third kappa shape index (κ3) is 5.32. The maximum Gasteiger partial charge on any atom is 0.387 e. The first-order chi connectivity index (χ1) is 13.4. The van der Waals surface area contributed by atoms with E-state index in [0.717, 1.165) is 17.5 Å². The monoisotopic (exact) mass is 409 g/mol. The highest BCUT2D eigenvalue weighted by Crippen LogP contribution is 2.25. The van der Waals surface area contributed by atoms with Crippen molar-refractivity contribution in [1.82, 2.24) is 15.1 Å². The van der Waals surface area contributed by atoms with Crippen molar-refractivity contribution in [3.05, 3.63) is 47.9 Å². The molecule has 0 fully saturated rings. The van der Waals surface area contributed by atoms with Gasteiger partial charge in [-0.25, -0.2) is 0 Å². The van der Waals surface area contributed by atoms with Gasteiger partial charge in [0.25, 0.3) is 5.22 Å². The van der Waals surface area contributed by atoms with Crippen LogP contribution in [-0.4, -0.2) is 40.4 Å². The van der Waals surface area contributed by atoms with E-state index in [1.807, 2.05) is 19.1 Å². The second-order valence-electron chi connectivity index (χ2n) is 5.83. The van der Waals surface area contributed by atoms with Crippen LogP contribution in [0, 0.1) is 6.92 Å². The quantitative estimate of drug-likeness (QED) is 0.520. The molecule has 0 spiro atoms. The van der Waals surface area contributed by atoms with Crippen molar-refractivity contribution in [3.8, 4) is 17.2 Å². The van der Waals surface area contributed by atoms with Crippen LogP contribution >= 0.6 is 11.8 Å². The van der Waals surface area contributed by atoms with E-state index in [-0.39, 0.29) is 28.5 Å². The highest BCUT2D eigenvalue weighted by Gasteiger charge is 2.15. The molecule has 10 heteroatoms. The Balaban J connectivity index is 1.53. The van der Waals surface area contributed by atoms with Crippen LogP contribution in [0.3, 0.4) is 0 Å². The lowest BCUT2D eigenvalue weighted by atomic mass is 10.2. The number of aromatic nitrogens is 2. The van der Waals surface area contributed by atoms with Crippen LogP contribution in [0.5, 0.6) is 5.75 Å². The van der Waals surface area contributed by atoms with Crippen LogP contribution in [-0.2, 0) is 11.3 Å². The smallest absolute Gasteiger partial charge is 0.387 e. The molecule has 0 bridgehead atoms. The number of carbonyl (C=O) groups is 1. The first-order valence-corrected chi connectivity index (χ1v) is 9.20. The van der Waals surface area contributed by atoms with E-state index < -0.39 is 6.61 Å². The summed E-state index contributed by atoms with van der Waals surface area (Å²) in [6.07, 6.45) is 0. The Morgan fingerprint density at radius 3 is 2.57 bits per heavy atom. The predicted octanol–water partition coefficient (Wildman–Crippen LogP) is 3.99. The van der Waals surface area contributed by atoms with Crippen molar-refractivity contribution in [2.75, 3.05) is 12.8 Å². The third-order valence-corrected chi connectivity index (χ3v) is 4.47. The molecule has 0 atom stereocenters. The summed E-state index contributed by atoms with van der Waals surface area (Å²) in [5.74, 6) is 1.76. The summed E-state index contributed by atoms with van der Waals surface area (Å²) in [7, 11) is 1.68. The molecule has 7 nitrogen and oxygen atoms in total. The fraction of sp³-hybridized carbons (Fsp3) is 0.278. The molecule has 0 radical (unpaired) electrons. The fourth-order valence-corrected chi connectivity index (χ4v) is 2.99. The van der Waals surface area contributed by atoms with Gasteiger partial charge in [-0.15, -0.1) is 10.2 Å². The average molecular weight is 409 g/mol. The number of thioether (sulfide) groups is 1. The summed E-state index contributed by atoms with van der Waals surface area (Å²) >= 11 is 1.11. The van der Waals surface area contributed by atoms with Gasteiger partial charge in [0.05, 0.1) is 12.3 Å². The Labute approximate surface area is 163 Å². The van der Waals surface area contributed by atoms with Gasteiger partial charge in [-0.3, -0.25) is 4.79 Å². The minimum Gasteiger partial charge on any atom is -0.464 e. The Hall–Kier alpha value is -2.88. The van der Waals surface area contributed by atoms with E-state index in [9.17, 15) is 13.6 Å². The second kappa shape index (κ2) is 8.87. The summed E-state index contributed by atoms with van der Waals surface area (Å²) in [6, 6.07) is 9.50. The number of rotatable bonds is 8. The number of ether oxygens (including phenoxy) is 1. The molecule has 1 amide bonds. The summed E-state index contributed by atoms with van der Waals surface area (Å²) in [5.41, 5.74) is 0.553. The number of hydrogen-bond acceptors (Lipinski definition) is 7. The summed E-state index contributed by atoms with van der Waals surface area (Å²) in [5, 5.41) is 8.03. The van der Waals surface area contributed by atoms with Gasteiger partial charge >= 0.3 is 6.61 Å². The minimum absolute atomic E-state index is 0.0354. The first-order valence-electron chi connectivity index (χ1n) is 8.21. The molecule has 0 N–H and O–H groups in total. The minimum atomic E-state index is -2.88. The van der Waals surface area contributed by atoms with Gasteiger partial charge in [0.1, 0.15) is 17.3 Å². The van der Waals surface area contributed by atoms with E-state index in [1.54, 1.807) is 11.9 Å². The number of carbonyl (C=O) groups excluding carboxylic acids is 1. The molecule has 3 aromatic rings. The third-order valence-electron chi connectivity index (χ3n) is 3.67. The number of halogens is 2. The van der Waals surface area contributed by atoms with Gasteiger partial charge in [-0.2, -0.15) is 8.78 Å². The number of alkyl halides is 2. The Bertz CT molecular complexity index is 927. The summed E-state index contributed by atoms with van der Waals surface area (Å²) in [6.45, 7) is -0.673. The molecule has 0 aliphatic rings. The van der Waals surface area contributed by atoms with Crippen LogP contribution in [0.15, 0.2) is 50.5 Å². The Morgan fingerprint density at radius 1 is 1.18 bits per heavy atom. The zero-order valence-corrected chi connectivity index (χ0v) is 15.9. The number of furan rings is 1. The van der Waals surface area contributed by atoms with Crippen molar-refractivity contribution in [2.24, 2.45) is 0 Å². The molecule has 0 saturated carbocycles. The number of nitrogens with zero attached hydrogens (tertiary/aromatic N) is 3. The number of benzene rings is 1. The van der Waals surface area contributed by atoms with Gasteiger partial charge in [0.2, 0.25) is 11.8 Å². The topological polar surface area (TPSA) is 81.6 Å². The van der Waals surface area contributed by atoms with Crippen LogP contribution in [0.4, 0.5) is 8.78 Å². The van der Waals surface area contributed by atoms with Gasteiger partial charge < -0.3 is 18.5 Å². The number of hydrogen-bond donors (Lipinski definition) is 0. The van der Waals surface area contributed by atoms with E-state index in [1.165, 1.54) is 24.3 Å². The molecular weight excluding hydrogens is 392 g/mol. The summed E-state index contributed by atoms with van der Waals surface area (Å²) in [4.78, 5) is 13.8. The normalized spacial score (nSPS) is 11.0. The highest BCUT2D eigenvalue weighted by molar-refractivity contribution is 7.99. The standard InChI is InChI=1S/C18H17F2N3O4S/c1-11-3-6-14(25-11)9-23(2)15(24)10-28-18-22-21-16(27-18)12-4-7-13(8-5-12)26-17(19)20/h3-8,17H,9-10H2,1-2H3. The summed E-state index contributed by atoms with van der Waals surface area (Å²) < 4.78 is 39.6. The molecule has 1 aromatic carbocycles. The maximum atomic E-state index is 12.2. The average Bonchev–Trinajstić information content (AvgIpc) is 3.29. The van der Waals surface area contributed by atoms with E-state index in [4.69, 9.17) is 8.83 Å². The lowest BCUT2D eigenvalue weighted by Crippen LogP contribution is -2.27. The van der Waals surface area contributed by atoms with Crippen molar-refractivity contribution in [1.29, 1.82) is 0 Å². The van der Waals surface area contributed by atoms with E-state index in [0.29, 0.717) is 17.9 Å². The first kappa shape index (κ1) is 19.9. The Morgan fingerprint density at radius 2 is 1.93 bits per heavy atom. The van der Waals surface area contributed by atoms with Gasteiger partial charge in [0, 0.05) is 12.6 Å². The SMILES string of the molecule is Cc1ccc(CN(C)C(=O)CSc2nnc(-c3ccc(OC(F)F)cc3)o2)o1. The van der Waals surface area contributed by atoms with Gasteiger partial charge in [-0.1, -0.05) is 11.8 Å². The van der Waals surface area contributed by atoms with Crippen LogP contribution < -0.4 is 4.74 Å². The molecule has 0 aliphatic heterocycles. The molecule has 0 saturated heterocycles. The predicted molar refractivity (Wildman–Crippen MR) is 97.0 cm³/mol. The molecule has 2 aromatic heterocycles. The second-order valence-corrected chi connectivity index (χ2v) is 6.75. The van der Waals surface area contributed by atoms with E-state index in [2.05, 4.69) is 14.9 Å². The maximum absolute atomic E-state index is 12.2. The fourth-order valence-electron chi connectivity index (χ4n) is 2.29. The molecule has 3 rings (SSSR count). The lowest BCUT2D eigenvalue weighted by Gasteiger charge is -2.14. The molecular formula is C18H17F2N3O4S. The van der Waals surface area contributed by atoms with Crippen molar-refractivity contribution < 1.29 is 27.1 Å². The molecule has 0 unspecified atom stereocenters. The molecule has 0 aliphatic carbocycles. The van der Waals surface area contributed by atoms with E-state index >= 15 is 0 Å². The number of aryl methyl sites for hydroxylation is 1. The molecule has 148 valence electrons. The van der Waals surface area contributed by atoms with Gasteiger partial charge in [0.15, 0.2) is 0 Å². The molecule has 2 heterocycles. The van der Waals surface area contributed by atoms with Crippen LogP contribution in [0.25, 0.3) is 11.5 Å². The zero-order chi connectivity index (χ0) is 20.1. The Kier molecular flexibility index (Phi) is 6.30. The largest absolute Gasteiger partial charge is 0.464 e. The van der Waals surface area contributed by atoms with Crippen molar-refractivity contribution in [2.45, 2.75) is 25.3 Å². The number of amides is 1. The van der Waals surface area contributed by atoms with Crippen LogP contribution in [0.1, 0.15) is 11.5 Å². The molecule has 28 heavy (non-hydrogen) atoms. The van der Waals surface area contributed by atoms with Gasteiger partial charge in [-0.05, 0) is 43.3 Å². The zero-order valence-electron chi connectivity index (χ0n) is 15.1. The van der Waals surface area contributed by atoms with Crippen LogP contribution in [0.2, 0.25) is 0 Å². The van der Waals surface area contributed by atoms with Crippen molar-refractivity contribution in [3.63, 3.8) is 0 Å². The van der Waals surface area contributed by atoms with Crippen molar-refractivity contribution >= 4 is 17.7 Å². The highest BCUT2D eigenvalue weighted by atomic mass is 32.2.